The SMILES string of the molecule is CCOC(=O)c1ccc(NC(=O)C(F)(F)F)c(Br)c1. The minimum absolute atomic E-state index is 0.0876. The Labute approximate surface area is 115 Å². The molecule has 19 heavy (non-hydrogen) atoms. The maximum Gasteiger partial charge on any atom is 0.471 e. The quantitative estimate of drug-likeness (QED) is 0.861. The summed E-state index contributed by atoms with van der Waals surface area (Å²) >= 11 is 2.97. The molecule has 1 aromatic rings. The molecule has 0 aliphatic heterocycles. The Balaban J connectivity index is 2.89. The Bertz CT molecular complexity index is 502. The second kappa shape index (κ2) is 6.05. The molecule has 0 aromatic heterocycles. The summed E-state index contributed by atoms with van der Waals surface area (Å²) in [5.74, 6) is -2.69. The van der Waals surface area contributed by atoms with Crippen LogP contribution in [0.3, 0.4) is 0 Å². The number of nitrogens with one attached hydrogen (secondary N) is 1. The van der Waals surface area contributed by atoms with E-state index in [2.05, 4.69) is 15.9 Å². The van der Waals surface area contributed by atoms with Crippen LogP contribution in [0, 0.1) is 0 Å². The molecule has 104 valence electrons. The molecule has 0 heterocycles. The lowest BCUT2D eigenvalue weighted by Gasteiger charge is -2.10. The molecule has 1 N–H and O–H groups in total. The van der Waals surface area contributed by atoms with Crippen molar-refractivity contribution in [3.05, 3.63) is 28.2 Å². The predicted molar refractivity (Wildman–Crippen MR) is 64.8 cm³/mol. The Hall–Kier alpha value is -1.57. The van der Waals surface area contributed by atoms with Crippen LogP contribution in [0.5, 0.6) is 0 Å². The normalized spacial score (nSPS) is 11.0. The third kappa shape index (κ3) is 4.23. The van der Waals surface area contributed by atoms with E-state index >= 15 is 0 Å². The van der Waals surface area contributed by atoms with Gasteiger partial charge in [-0.2, -0.15) is 13.2 Å². The molecule has 0 unspecified atom stereocenters. The van der Waals surface area contributed by atoms with Gasteiger partial charge in [0.1, 0.15) is 0 Å². The van der Waals surface area contributed by atoms with Crippen LogP contribution < -0.4 is 5.32 Å². The third-order valence-electron chi connectivity index (χ3n) is 1.99. The number of carbonyl (C=O) groups is 2. The molecular weight excluding hydrogens is 331 g/mol. The van der Waals surface area contributed by atoms with Crippen molar-refractivity contribution < 1.29 is 27.5 Å². The first-order chi connectivity index (χ1) is 8.75. The van der Waals surface area contributed by atoms with Crippen molar-refractivity contribution in [2.45, 2.75) is 13.1 Å². The largest absolute Gasteiger partial charge is 0.471 e. The zero-order valence-electron chi connectivity index (χ0n) is 9.68. The lowest BCUT2D eigenvalue weighted by molar-refractivity contribution is -0.167. The first kappa shape index (κ1) is 15.5. The number of hydrogen-bond acceptors (Lipinski definition) is 3. The van der Waals surface area contributed by atoms with Crippen LogP contribution in [0.25, 0.3) is 0 Å². The van der Waals surface area contributed by atoms with Gasteiger partial charge >= 0.3 is 18.1 Å². The van der Waals surface area contributed by atoms with Gasteiger partial charge in [-0.15, -0.1) is 0 Å². The van der Waals surface area contributed by atoms with E-state index in [9.17, 15) is 22.8 Å². The number of carbonyl (C=O) groups excluding carboxylic acids is 2. The topological polar surface area (TPSA) is 55.4 Å². The van der Waals surface area contributed by atoms with Gasteiger partial charge in [0.05, 0.1) is 17.9 Å². The molecule has 0 aliphatic carbocycles. The van der Waals surface area contributed by atoms with Crippen molar-refractivity contribution in [2.24, 2.45) is 0 Å². The van der Waals surface area contributed by atoms with Crippen LogP contribution >= 0.6 is 15.9 Å². The highest BCUT2D eigenvalue weighted by Gasteiger charge is 2.38. The number of hydrogen-bond donors (Lipinski definition) is 1. The van der Waals surface area contributed by atoms with E-state index in [0.29, 0.717) is 0 Å². The van der Waals surface area contributed by atoms with Gasteiger partial charge in [0, 0.05) is 4.47 Å². The van der Waals surface area contributed by atoms with Gasteiger partial charge < -0.3 is 10.1 Å². The number of anilines is 1. The summed E-state index contributed by atoms with van der Waals surface area (Å²) in [5.41, 5.74) is 0.0779. The molecule has 0 aliphatic rings. The van der Waals surface area contributed by atoms with Crippen molar-refractivity contribution in [1.29, 1.82) is 0 Å². The molecule has 0 radical (unpaired) electrons. The molecule has 0 saturated carbocycles. The molecule has 4 nitrogen and oxygen atoms in total. The molecular formula is C11H9BrF3NO3. The van der Waals surface area contributed by atoms with Crippen molar-refractivity contribution in [1.82, 2.24) is 0 Å². The molecule has 0 fully saturated rings. The lowest BCUT2D eigenvalue weighted by Crippen LogP contribution is -2.30. The summed E-state index contributed by atoms with van der Waals surface area (Å²) in [5, 5.41) is 1.69. The van der Waals surface area contributed by atoms with Crippen LogP contribution in [0.1, 0.15) is 17.3 Å². The number of amides is 1. The summed E-state index contributed by atoms with van der Waals surface area (Å²) < 4.78 is 41.1. The van der Waals surface area contributed by atoms with Crippen LogP contribution in [-0.4, -0.2) is 24.7 Å². The molecule has 1 aromatic carbocycles. The van der Waals surface area contributed by atoms with Crippen LogP contribution in [0.4, 0.5) is 18.9 Å². The molecule has 0 atom stereocenters. The molecule has 1 amide bonds. The first-order valence-corrected chi connectivity index (χ1v) is 5.90. The summed E-state index contributed by atoms with van der Waals surface area (Å²) in [4.78, 5) is 22.1. The molecule has 0 saturated heterocycles. The number of ether oxygens (including phenoxy) is 1. The summed E-state index contributed by atoms with van der Waals surface area (Å²) in [6, 6.07) is 3.71. The lowest BCUT2D eigenvalue weighted by atomic mass is 10.2. The van der Waals surface area contributed by atoms with Gasteiger partial charge in [-0.1, -0.05) is 0 Å². The van der Waals surface area contributed by atoms with Crippen LogP contribution in [0.15, 0.2) is 22.7 Å². The fraction of sp³-hybridized carbons (Fsp3) is 0.273. The van der Waals surface area contributed by atoms with E-state index < -0.39 is 18.1 Å². The number of rotatable bonds is 3. The van der Waals surface area contributed by atoms with Gasteiger partial charge in [0.25, 0.3) is 0 Å². The van der Waals surface area contributed by atoms with Crippen molar-refractivity contribution in [3.8, 4) is 0 Å². The highest BCUT2D eigenvalue weighted by atomic mass is 79.9. The second-order valence-corrected chi connectivity index (χ2v) is 4.22. The summed E-state index contributed by atoms with van der Waals surface area (Å²) in [7, 11) is 0. The van der Waals surface area contributed by atoms with E-state index in [-0.39, 0.29) is 22.3 Å². The Morgan fingerprint density at radius 1 is 1.37 bits per heavy atom. The number of benzene rings is 1. The van der Waals surface area contributed by atoms with E-state index in [0.717, 1.165) is 0 Å². The van der Waals surface area contributed by atoms with Crippen LogP contribution in [-0.2, 0) is 9.53 Å². The van der Waals surface area contributed by atoms with Crippen LogP contribution in [0.2, 0.25) is 0 Å². The van der Waals surface area contributed by atoms with Gasteiger partial charge in [-0.3, -0.25) is 4.79 Å². The molecule has 1 rings (SSSR count). The number of esters is 1. The average molecular weight is 340 g/mol. The van der Waals surface area contributed by atoms with Gasteiger partial charge in [0.15, 0.2) is 0 Å². The maximum absolute atomic E-state index is 12.1. The zero-order chi connectivity index (χ0) is 14.6. The third-order valence-corrected chi connectivity index (χ3v) is 2.64. The highest BCUT2D eigenvalue weighted by molar-refractivity contribution is 9.10. The number of halogens is 4. The zero-order valence-corrected chi connectivity index (χ0v) is 11.3. The summed E-state index contributed by atoms with van der Waals surface area (Å²) in [6.45, 7) is 1.81. The monoisotopic (exact) mass is 339 g/mol. The van der Waals surface area contributed by atoms with Crippen molar-refractivity contribution in [2.75, 3.05) is 11.9 Å². The van der Waals surface area contributed by atoms with Gasteiger partial charge in [-0.05, 0) is 41.1 Å². The standard InChI is InChI=1S/C11H9BrF3NO3/c1-2-19-9(17)6-3-4-8(7(12)5-6)16-10(18)11(13,14)15/h3-5H,2H2,1H3,(H,16,18). The Morgan fingerprint density at radius 3 is 2.47 bits per heavy atom. The summed E-state index contributed by atoms with van der Waals surface area (Å²) in [6.07, 6.45) is -4.97. The van der Waals surface area contributed by atoms with E-state index in [1.54, 1.807) is 12.2 Å². The minimum atomic E-state index is -4.97. The Morgan fingerprint density at radius 2 is 2.00 bits per heavy atom. The van der Waals surface area contributed by atoms with E-state index in [1.807, 2.05) is 0 Å². The minimum Gasteiger partial charge on any atom is -0.462 e. The highest BCUT2D eigenvalue weighted by Crippen LogP contribution is 2.26. The molecule has 0 spiro atoms. The molecule has 0 bridgehead atoms. The average Bonchev–Trinajstić information content (AvgIpc) is 2.30. The fourth-order valence-electron chi connectivity index (χ4n) is 1.15. The maximum atomic E-state index is 12.1. The first-order valence-electron chi connectivity index (χ1n) is 5.10. The fourth-order valence-corrected chi connectivity index (χ4v) is 1.63. The second-order valence-electron chi connectivity index (χ2n) is 3.37. The van der Waals surface area contributed by atoms with E-state index in [1.165, 1.54) is 18.2 Å². The van der Waals surface area contributed by atoms with Gasteiger partial charge in [0.2, 0.25) is 0 Å². The number of alkyl halides is 3. The Kier molecular flexibility index (Phi) is 4.93. The van der Waals surface area contributed by atoms with Gasteiger partial charge in [-0.25, -0.2) is 4.79 Å². The predicted octanol–water partition coefficient (Wildman–Crippen LogP) is 3.13. The van der Waals surface area contributed by atoms with Crippen molar-refractivity contribution >= 4 is 33.5 Å². The van der Waals surface area contributed by atoms with Crippen molar-refractivity contribution in [3.63, 3.8) is 0 Å². The molecule has 8 heteroatoms. The van der Waals surface area contributed by atoms with E-state index in [4.69, 9.17) is 4.74 Å². The smallest absolute Gasteiger partial charge is 0.462 e.